The van der Waals surface area contributed by atoms with Gasteiger partial charge in [-0.3, -0.25) is 4.79 Å². The molecule has 1 aliphatic carbocycles. The molecule has 0 bridgehead atoms. The monoisotopic (exact) mass is 293 g/mol. The number of carboxylic acid groups (broad SMARTS) is 1. The van der Waals surface area contributed by atoms with Crippen molar-refractivity contribution in [3.8, 4) is 11.5 Å². The van der Waals surface area contributed by atoms with Crippen molar-refractivity contribution < 1.29 is 19.4 Å². The van der Waals surface area contributed by atoms with Crippen LogP contribution in [-0.4, -0.2) is 29.8 Å². The second-order valence-electron chi connectivity index (χ2n) is 5.45. The Balaban J connectivity index is 1.91. The van der Waals surface area contributed by atoms with E-state index < -0.39 is 11.5 Å². The van der Waals surface area contributed by atoms with Gasteiger partial charge in [0, 0.05) is 0 Å². The fraction of sp³-hybridized carbons (Fsp3) is 0.562. The summed E-state index contributed by atoms with van der Waals surface area (Å²) in [6.07, 6.45) is 2.90. The topological polar surface area (TPSA) is 81.8 Å². The third-order valence-electron chi connectivity index (χ3n) is 4.14. The minimum Gasteiger partial charge on any atom is -0.490 e. The van der Waals surface area contributed by atoms with E-state index in [0.29, 0.717) is 37.6 Å². The minimum absolute atomic E-state index is 0.0331. The van der Waals surface area contributed by atoms with Crippen LogP contribution in [0.5, 0.6) is 11.5 Å². The molecular weight excluding hydrogens is 270 g/mol. The molecule has 1 aromatic carbocycles. The van der Waals surface area contributed by atoms with E-state index in [1.54, 1.807) is 0 Å². The summed E-state index contributed by atoms with van der Waals surface area (Å²) in [4.78, 5) is 11.3. The molecule has 1 saturated carbocycles. The van der Waals surface area contributed by atoms with Crippen LogP contribution >= 0.6 is 0 Å². The summed E-state index contributed by atoms with van der Waals surface area (Å²) in [5.74, 6) is 0.466. The van der Waals surface area contributed by atoms with Crippen LogP contribution in [0, 0.1) is 5.92 Å². The highest BCUT2D eigenvalue weighted by molar-refractivity contribution is 5.79. The predicted octanol–water partition coefficient (Wildman–Crippen LogP) is 2.44. The van der Waals surface area contributed by atoms with Crippen LogP contribution in [0.15, 0.2) is 24.3 Å². The van der Waals surface area contributed by atoms with Crippen molar-refractivity contribution in [2.75, 3.05) is 13.2 Å². The third kappa shape index (κ3) is 3.47. The maximum atomic E-state index is 11.3. The number of aliphatic carboxylic acids is 1. The Labute approximate surface area is 125 Å². The number of rotatable bonds is 7. The number of carboxylic acids is 1. The second kappa shape index (κ2) is 6.80. The van der Waals surface area contributed by atoms with Crippen molar-refractivity contribution in [3.05, 3.63) is 24.3 Å². The Morgan fingerprint density at radius 3 is 2.67 bits per heavy atom. The van der Waals surface area contributed by atoms with E-state index in [2.05, 4.69) is 0 Å². The zero-order valence-corrected chi connectivity index (χ0v) is 12.4. The van der Waals surface area contributed by atoms with E-state index in [-0.39, 0.29) is 5.92 Å². The van der Waals surface area contributed by atoms with Gasteiger partial charge in [0.15, 0.2) is 11.5 Å². The van der Waals surface area contributed by atoms with Gasteiger partial charge < -0.3 is 20.3 Å². The number of para-hydroxylation sites is 2. The Hall–Kier alpha value is -1.75. The van der Waals surface area contributed by atoms with E-state index in [1.807, 2.05) is 31.2 Å². The SMILES string of the molecule is CCOc1ccccc1OCCC1CCCC1(N)C(=O)O. The lowest BCUT2D eigenvalue weighted by atomic mass is 9.86. The molecule has 116 valence electrons. The fourth-order valence-corrected chi connectivity index (χ4v) is 2.94. The maximum absolute atomic E-state index is 11.3. The Morgan fingerprint density at radius 1 is 1.38 bits per heavy atom. The van der Waals surface area contributed by atoms with Crippen molar-refractivity contribution in [2.45, 2.75) is 38.1 Å². The molecule has 0 saturated heterocycles. The van der Waals surface area contributed by atoms with E-state index in [1.165, 1.54) is 0 Å². The zero-order valence-electron chi connectivity index (χ0n) is 12.4. The van der Waals surface area contributed by atoms with Gasteiger partial charge in [-0.05, 0) is 44.2 Å². The summed E-state index contributed by atoms with van der Waals surface area (Å²) in [7, 11) is 0. The number of ether oxygens (including phenoxy) is 2. The van der Waals surface area contributed by atoms with Gasteiger partial charge in [-0.1, -0.05) is 18.6 Å². The van der Waals surface area contributed by atoms with Crippen molar-refractivity contribution in [2.24, 2.45) is 11.7 Å². The highest BCUT2D eigenvalue weighted by atomic mass is 16.5. The van der Waals surface area contributed by atoms with Crippen LogP contribution in [0.4, 0.5) is 0 Å². The van der Waals surface area contributed by atoms with Crippen LogP contribution in [-0.2, 0) is 4.79 Å². The third-order valence-corrected chi connectivity index (χ3v) is 4.14. The van der Waals surface area contributed by atoms with Gasteiger partial charge >= 0.3 is 5.97 Å². The van der Waals surface area contributed by atoms with Gasteiger partial charge in [0.1, 0.15) is 5.54 Å². The first kappa shape index (κ1) is 15.6. The molecule has 0 radical (unpaired) electrons. The predicted molar refractivity (Wildman–Crippen MR) is 79.6 cm³/mol. The number of hydrogen-bond donors (Lipinski definition) is 2. The van der Waals surface area contributed by atoms with Gasteiger partial charge in [-0.25, -0.2) is 0 Å². The molecule has 1 aromatic rings. The molecule has 3 N–H and O–H groups in total. The lowest BCUT2D eigenvalue weighted by molar-refractivity contribution is -0.144. The van der Waals surface area contributed by atoms with Crippen molar-refractivity contribution in [1.29, 1.82) is 0 Å². The van der Waals surface area contributed by atoms with Crippen LogP contribution in [0.3, 0.4) is 0 Å². The van der Waals surface area contributed by atoms with E-state index >= 15 is 0 Å². The summed E-state index contributed by atoms with van der Waals surface area (Å²) in [6.45, 7) is 2.94. The molecular formula is C16H23NO4. The van der Waals surface area contributed by atoms with E-state index in [0.717, 1.165) is 12.8 Å². The molecule has 0 aliphatic heterocycles. The van der Waals surface area contributed by atoms with Gasteiger partial charge in [0.2, 0.25) is 0 Å². The lowest BCUT2D eigenvalue weighted by Crippen LogP contribution is -2.51. The summed E-state index contributed by atoms with van der Waals surface area (Å²) in [5, 5.41) is 9.29. The molecule has 2 atom stereocenters. The van der Waals surface area contributed by atoms with Gasteiger partial charge in [-0.15, -0.1) is 0 Å². The van der Waals surface area contributed by atoms with Gasteiger partial charge in [0.05, 0.1) is 13.2 Å². The quantitative estimate of drug-likeness (QED) is 0.807. The van der Waals surface area contributed by atoms with Crippen molar-refractivity contribution in [3.63, 3.8) is 0 Å². The van der Waals surface area contributed by atoms with Gasteiger partial charge in [0.25, 0.3) is 0 Å². The molecule has 21 heavy (non-hydrogen) atoms. The Kier molecular flexibility index (Phi) is 5.07. The van der Waals surface area contributed by atoms with Crippen molar-refractivity contribution in [1.82, 2.24) is 0 Å². The molecule has 5 heteroatoms. The molecule has 2 rings (SSSR count). The largest absolute Gasteiger partial charge is 0.490 e. The van der Waals surface area contributed by atoms with Crippen LogP contribution < -0.4 is 15.2 Å². The van der Waals surface area contributed by atoms with Crippen LogP contribution in [0.1, 0.15) is 32.6 Å². The molecule has 1 fully saturated rings. The number of hydrogen-bond acceptors (Lipinski definition) is 4. The normalized spacial score (nSPS) is 24.8. The maximum Gasteiger partial charge on any atom is 0.323 e. The lowest BCUT2D eigenvalue weighted by Gasteiger charge is -2.26. The molecule has 0 aromatic heterocycles. The zero-order chi connectivity index (χ0) is 15.3. The van der Waals surface area contributed by atoms with Crippen LogP contribution in [0.25, 0.3) is 0 Å². The Morgan fingerprint density at radius 2 is 2.05 bits per heavy atom. The summed E-state index contributed by atoms with van der Waals surface area (Å²) < 4.78 is 11.2. The second-order valence-corrected chi connectivity index (χ2v) is 5.45. The first-order chi connectivity index (χ1) is 10.1. The first-order valence-corrected chi connectivity index (χ1v) is 7.45. The minimum atomic E-state index is -1.09. The number of carbonyl (C=O) groups is 1. The van der Waals surface area contributed by atoms with E-state index in [9.17, 15) is 9.90 Å². The van der Waals surface area contributed by atoms with Crippen LogP contribution in [0.2, 0.25) is 0 Å². The molecule has 0 heterocycles. The van der Waals surface area contributed by atoms with Gasteiger partial charge in [-0.2, -0.15) is 0 Å². The highest BCUT2D eigenvalue weighted by Gasteiger charge is 2.45. The average Bonchev–Trinajstić information content (AvgIpc) is 2.84. The number of benzene rings is 1. The number of nitrogens with two attached hydrogens (primary N) is 1. The first-order valence-electron chi connectivity index (χ1n) is 7.45. The molecule has 0 spiro atoms. The molecule has 0 amide bonds. The molecule has 2 unspecified atom stereocenters. The molecule has 1 aliphatic rings. The summed E-state index contributed by atoms with van der Waals surface area (Å²) in [6, 6.07) is 7.49. The highest BCUT2D eigenvalue weighted by Crippen LogP contribution is 2.36. The Bertz CT molecular complexity index is 491. The molecule has 5 nitrogen and oxygen atoms in total. The van der Waals surface area contributed by atoms with Crippen molar-refractivity contribution >= 4 is 5.97 Å². The fourth-order valence-electron chi connectivity index (χ4n) is 2.94. The summed E-state index contributed by atoms with van der Waals surface area (Å²) in [5.41, 5.74) is 4.93. The smallest absolute Gasteiger partial charge is 0.323 e. The standard InChI is InChI=1S/C16H23NO4/c1-2-20-13-7-3-4-8-14(13)21-11-9-12-6-5-10-16(12,17)15(18)19/h3-4,7-8,12H,2,5-6,9-11,17H2,1H3,(H,18,19). The van der Waals surface area contributed by atoms with E-state index in [4.69, 9.17) is 15.2 Å². The summed E-state index contributed by atoms with van der Waals surface area (Å²) >= 11 is 0. The average molecular weight is 293 g/mol.